The van der Waals surface area contributed by atoms with Crippen molar-refractivity contribution in [2.75, 3.05) is 0 Å². The molecule has 1 saturated carbocycles. The van der Waals surface area contributed by atoms with Crippen molar-refractivity contribution in [3.05, 3.63) is 12.2 Å². The molecule has 0 aromatic rings. The van der Waals surface area contributed by atoms with Gasteiger partial charge in [-0.25, -0.2) is 0 Å². The van der Waals surface area contributed by atoms with Crippen LogP contribution in [0.3, 0.4) is 0 Å². The fourth-order valence-corrected chi connectivity index (χ4v) is 3.45. The molecule has 0 aliphatic heterocycles. The van der Waals surface area contributed by atoms with Crippen molar-refractivity contribution in [3.63, 3.8) is 0 Å². The zero-order valence-corrected chi connectivity index (χ0v) is 12.5. The van der Waals surface area contributed by atoms with Gasteiger partial charge in [-0.3, -0.25) is 4.79 Å². The van der Waals surface area contributed by atoms with Gasteiger partial charge in [-0.2, -0.15) is 0 Å². The monoisotopic (exact) mass is 266 g/mol. The predicted molar refractivity (Wildman–Crippen MR) is 74.5 cm³/mol. The maximum Gasteiger partial charge on any atom is 0.309 e. The number of rotatable bonds is 4. The predicted octanol–water partition coefficient (Wildman–Crippen LogP) is 3.07. The molecule has 3 nitrogen and oxygen atoms in total. The smallest absolute Gasteiger partial charge is 0.309 e. The Morgan fingerprint density at radius 3 is 2.42 bits per heavy atom. The summed E-state index contributed by atoms with van der Waals surface area (Å²) in [5, 5.41) is 10.4. The third-order valence-corrected chi connectivity index (χ3v) is 4.06. The molecule has 0 aromatic carbocycles. The summed E-state index contributed by atoms with van der Waals surface area (Å²) in [4.78, 5) is 11.8. The van der Waals surface area contributed by atoms with E-state index in [1.54, 1.807) is 6.92 Å². The van der Waals surface area contributed by atoms with Gasteiger partial charge in [0.2, 0.25) is 0 Å². The number of aliphatic hydroxyl groups is 1. The molecule has 3 heteroatoms. The van der Waals surface area contributed by atoms with E-state index in [1.807, 2.05) is 20.8 Å². The van der Waals surface area contributed by atoms with E-state index in [1.165, 1.54) is 6.42 Å². The Bertz CT molecular complexity index is 376. The third-order valence-electron chi connectivity index (χ3n) is 4.06. The molecule has 0 saturated heterocycles. The minimum Gasteiger partial charge on any atom is -0.460 e. The molecule has 0 amide bonds. The van der Waals surface area contributed by atoms with Crippen LogP contribution in [0, 0.1) is 17.8 Å². The number of hydrogen-bond donors (Lipinski definition) is 1. The first kappa shape index (κ1) is 14.6. The van der Waals surface area contributed by atoms with E-state index in [4.69, 9.17) is 4.74 Å². The average Bonchev–Trinajstić information content (AvgIpc) is 2.72. The van der Waals surface area contributed by atoms with Crippen molar-refractivity contribution >= 4 is 5.97 Å². The minimum absolute atomic E-state index is 0.0852. The summed E-state index contributed by atoms with van der Waals surface area (Å²) in [5.41, 5.74) is -1.44. The lowest BCUT2D eigenvalue weighted by atomic mass is 9.82. The second kappa shape index (κ2) is 4.93. The molecule has 4 unspecified atom stereocenters. The molecular weight excluding hydrogens is 240 g/mol. The number of fused-ring (bicyclic) bond motifs is 2. The molecule has 0 aromatic heterocycles. The summed E-state index contributed by atoms with van der Waals surface area (Å²) >= 11 is 0. The number of esters is 1. The molecule has 0 radical (unpaired) electrons. The molecule has 2 aliphatic carbocycles. The fraction of sp³-hybridized carbons (Fsp3) is 0.812. The Labute approximate surface area is 116 Å². The molecule has 1 fully saturated rings. The summed E-state index contributed by atoms with van der Waals surface area (Å²) in [5.74, 6) is 1.52. The Morgan fingerprint density at radius 2 is 1.95 bits per heavy atom. The van der Waals surface area contributed by atoms with Gasteiger partial charge in [0.25, 0.3) is 0 Å². The van der Waals surface area contributed by atoms with E-state index in [-0.39, 0.29) is 12.4 Å². The quantitative estimate of drug-likeness (QED) is 0.628. The Morgan fingerprint density at radius 1 is 1.26 bits per heavy atom. The van der Waals surface area contributed by atoms with Gasteiger partial charge in [0, 0.05) is 0 Å². The van der Waals surface area contributed by atoms with Crippen molar-refractivity contribution in [3.8, 4) is 0 Å². The molecule has 0 spiro atoms. The Kier molecular flexibility index (Phi) is 3.78. The van der Waals surface area contributed by atoms with Gasteiger partial charge >= 0.3 is 5.97 Å². The number of carbonyl (C=O) groups excluding carboxylic acids is 1. The van der Waals surface area contributed by atoms with E-state index >= 15 is 0 Å². The molecule has 19 heavy (non-hydrogen) atoms. The van der Waals surface area contributed by atoms with Gasteiger partial charge in [-0.1, -0.05) is 12.2 Å². The van der Waals surface area contributed by atoms with Crippen molar-refractivity contribution in [1.29, 1.82) is 0 Å². The molecule has 2 aliphatic rings. The van der Waals surface area contributed by atoms with Gasteiger partial charge in [0.05, 0.1) is 12.0 Å². The summed E-state index contributed by atoms with van der Waals surface area (Å²) in [6.45, 7) is 7.30. The largest absolute Gasteiger partial charge is 0.460 e. The van der Waals surface area contributed by atoms with Crippen LogP contribution < -0.4 is 0 Å². The number of ether oxygens (including phenoxy) is 1. The number of hydrogen-bond acceptors (Lipinski definition) is 3. The molecule has 2 rings (SSSR count). The molecule has 4 atom stereocenters. The summed E-state index contributed by atoms with van der Waals surface area (Å²) < 4.78 is 5.29. The van der Waals surface area contributed by atoms with Crippen LogP contribution >= 0.6 is 0 Å². The lowest BCUT2D eigenvalue weighted by molar-refractivity contribution is -0.160. The standard InChI is InChI=1S/C16H26O3/c1-15(2,3)19-14(17)10-16(4,18)9-13-8-11-5-6-12(13)7-11/h5-6,11-13,18H,7-10H2,1-4H3. The summed E-state index contributed by atoms with van der Waals surface area (Å²) in [6.07, 6.45) is 7.74. The highest BCUT2D eigenvalue weighted by Crippen LogP contribution is 2.46. The van der Waals surface area contributed by atoms with Gasteiger partial charge in [0.15, 0.2) is 0 Å². The van der Waals surface area contributed by atoms with E-state index in [2.05, 4.69) is 12.2 Å². The topological polar surface area (TPSA) is 46.5 Å². The highest BCUT2D eigenvalue weighted by Gasteiger charge is 2.40. The molecule has 2 bridgehead atoms. The average molecular weight is 266 g/mol. The van der Waals surface area contributed by atoms with Crippen LogP contribution in [0.15, 0.2) is 12.2 Å². The van der Waals surface area contributed by atoms with Crippen LogP contribution in [0.5, 0.6) is 0 Å². The molecular formula is C16H26O3. The first-order valence-corrected chi connectivity index (χ1v) is 7.27. The lowest BCUT2D eigenvalue weighted by Gasteiger charge is -2.30. The highest BCUT2D eigenvalue weighted by molar-refractivity contribution is 5.71. The Hall–Kier alpha value is -0.830. The van der Waals surface area contributed by atoms with Crippen LogP contribution in [0.1, 0.15) is 53.4 Å². The van der Waals surface area contributed by atoms with Crippen molar-refractivity contribution < 1.29 is 14.6 Å². The second-order valence-electron chi connectivity index (χ2n) is 7.50. The van der Waals surface area contributed by atoms with E-state index in [9.17, 15) is 9.90 Å². The summed E-state index contributed by atoms with van der Waals surface area (Å²) in [7, 11) is 0. The van der Waals surface area contributed by atoms with Crippen molar-refractivity contribution in [2.24, 2.45) is 17.8 Å². The minimum atomic E-state index is -0.953. The maximum atomic E-state index is 11.8. The van der Waals surface area contributed by atoms with Crippen molar-refractivity contribution in [2.45, 2.75) is 64.6 Å². The first-order valence-electron chi connectivity index (χ1n) is 7.27. The second-order valence-corrected chi connectivity index (χ2v) is 7.50. The number of carbonyl (C=O) groups is 1. The molecule has 1 N–H and O–H groups in total. The van der Waals surface area contributed by atoms with E-state index in [0.29, 0.717) is 24.2 Å². The van der Waals surface area contributed by atoms with Gasteiger partial charge < -0.3 is 9.84 Å². The number of allylic oxidation sites excluding steroid dienone is 2. The van der Waals surface area contributed by atoms with Crippen LogP contribution in [0.2, 0.25) is 0 Å². The van der Waals surface area contributed by atoms with Crippen LogP contribution in [-0.4, -0.2) is 22.3 Å². The van der Waals surface area contributed by atoms with Crippen LogP contribution in [0.4, 0.5) is 0 Å². The normalized spacial score (nSPS) is 32.4. The zero-order valence-electron chi connectivity index (χ0n) is 12.5. The van der Waals surface area contributed by atoms with Gasteiger partial charge in [-0.05, 0) is 64.7 Å². The lowest BCUT2D eigenvalue weighted by Crippen LogP contribution is -2.35. The molecule has 108 valence electrons. The van der Waals surface area contributed by atoms with Gasteiger partial charge in [-0.15, -0.1) is 0 Å². The van der Waals surface area contributed by atoms with Crippen LogP contribution in [0.25, 0.3) is 0 Å². The zero-order chi connectivity index (χ0) is 14.3. The molecule has 0 heterocycles. The third kappa shape index (κ3) is 4.07. The van der Waals surface area contributed by atoms with Crippen molar-refractivity contribution in [1.82, 2.24) is 0 Å². The fourth-order valence-electron chi connectivity index (χ4n) is 3.45. The first-order chi connectivity index (χ1) is 8.65. The Balaban J connectivity index is 1.85. The maximum absolute atomic E-state index is 11.8. The van der Waals surface area contributed by atoms with Crippen LogP contribution in [-0.2, 0) is 9.53 Å². The van der Waals surface area contributed by atoms with E-state index in [0.717, 1.165) is 6.42 Å². The van der Waals surface area contributed by atoms with E-state index < -0.39 is 11.2 Å². The highest BCUT2D eigenvalue weighted by atomic mass is 16.6. The summed E-state index contributed by atoms with van der Waals surface area (Å²) in [6, 6.07) is 0. The van der Waals surface area contributed by atoms with Gasteiger partial charge in [0.1, 0.15) is 5.60 Å². The SMILES string of the molecule is CC(O)(CC(=O)OC(C)(C)C)CC1CC2C=CC1C2.